The van der Waals surface area contributed by atoms with E-state index in [9.17, 15) is 9.90 Å². The number of nitrogens with zero attached hydrogens (tertiary/aromatic N) is 1. The van der Waals surface area contributed by atoms with Crippen molar-refractivity contribution in [3.05, 3.63) is 65.9 Å². The lowest BCUT2D eigenvalue weighted by Gasteiger charge is -2.08. The van der Waals surface area contributed by atoms with E-state index in [1.165, 1.54) is 18.3 Å². The molecule has 0 unspecified atom stereocenters. The SMILES string of the molecule is COc1ccccc1CCN/C=C(/C#N)C(=O)Nc1ccc(O)cc1. The Labute approximate surface area is 146 Å². The van der Waals surface area contributed by atoms with E-state index in [1.807, 2.05) is 30.3 Å². The van der Waals surface area contributed by atoms with Crippen molar-refractivity contribution >= 4 is 11.6 Å². The summed E-state index contributed by atoms with van der Waals surface area (Å²) in [5.74, 6) is 0.392. The molecule has 1 amide bonds. The van der Waals surface area contributed by atoms with E-state index in [1.54, 1.807) is 19.2 Å². The summed E-state index contributed by atoms with van der Waals surface area (Å²) >= 11 is 0. The van der Waals surface area contributed by atoms with Crippen LogP contribution in [0.25, 0.3) is 0 Å². The number of methoxy groups -OCH3 is 1. The molecule has 25 heavy (non-hydrogen) atoms. The quantitative estimate of drug-likeness (QED) is 0.312. The standard InChI is InChI=1S/C19H19N3O3/c1-25-18-5-3-2-4-14(18)10-11-21-13-15(12-20)19(24)22-16-6-8-17(23)9-7-16/h2-9,13,21,23H,10-11H2,1H3,(H,22,24)/b15-13-. The first-order valence-corrected chi connectivity index (χ1v) is 7.70. The van der Waals surface area contributed by atoms with Crippen LogP contribution < -0.4 is 15.4 Å². The predicted molar refractivity (Wildman–Crippen MR) is 95.1 cm³/mol. The number of carbonyl (C=O) groups is 1. The lowest BCUT2D eigenvalue weighted by molar-refractivity contribution is -0.112. The van der Waals surface area contributed by atoms with Crippen molar-refractivity contribution in [2.45, 2.75) is 6.42 Å². The van der Waals surface area contributed by atoms with Gasteiger partial charge in [-0.1, -0.05) is 18.2 Å². The minimum absolute atomic E-state index is 0.0342. The second kappa shape index (κ2) is 8.99. The van der Waals surface area contributed by atoms with Gasteiger partial charge < -0.3 is 20.5 Å². The van der Waals surface area contributed by atoms with Gasteiger partial charge in [0.05, 0.1) is 7.11 Å². The van der Waals surface area contributed by atoms with Crippen molar-refractivity contribution < 1.29 is 14.6 Å². The maximum absolute atomic E-state index is 12.1. The first-order chi connectivity index (χ1) is 12.1. The third-order valence-electron chi connectivity index (χ3n) is 3.47. The van der Waals surface area contributed by atoms with E-state index >= 15 is 0 Å². The highest BCUT2D eigenvalue weighted by Gasteiger charge is 2.09. The lowest BCUT2D eigenvalue weighted by atomic mass is 10.1. The number of nitrogens with one attached hydrogen (secondary N) is 2. The number of amides is 1. The average Bonchev–Trinajstić information content (AvgIpc) is 2.64. The van der Waals surface area contributed by atoms with Crippen molar-refractivity contribution in [2.24, 2.45) is 0 Å². The fraction of sp³-hybridized carbons (Fsp3) is 0.158. The van der Waals surface area contributed by atoms with E-state index in [4.69, 9.17) is 10.00 Å². The summed E-state index contributed by atoms with van der Waals surface area (Å²) in [7, 11) is 1.62. The maximum atomic E-state index is 12.1. The Morgan fingerprint density at radius 2 is 1.96 bits per heavy atom. The number of para-hydroxylation sites is 1. The molecule has 2 rings (SSSR count). The number of ether oxygens (including phenoxy) is 1. The Bertz CT molecular complexity index is 792. The van der Waals surface area contributed by atoms with Gasteiger partial charge in [0.25, 0.3) is 5.91 Å². The van der Waals surface area contributed by atoms with Gasteiger partial charge >= 0.3 is 0 Å². The van der Waals surface area contributed by atoms with Crippen molar-refractivity contribution in [3.63, 3.8) is 0 Å². The zero-order valence-electron chi connectivity index (χ0n) is 13.8. The van der Waals surface area contributed by atoms with E-state index in [0.717, 1.165) is 11.3 Å². The van der Waals surface area contributed by atoms with Crippen LogP contribution in [-0.2, 0) is 11.2 Å². The number of anilines is 1. The molecular weight excluding hydrogens is 318 g/mol. The van der Waals surface area contributed by atoms with Gasteiger partial charge in [-0.3, -0.25) is 4.79 Å². The topological polar surface area (TPSA) is 94.4 Å². The van der Waals surface area contributed by atoms with Crippen molar-refractivity contribution in [3.8, 4) is 17.6 Å². The molecule has 0 heterocycles. The number of benzene rings is 2. The van der Waals surface area contributed by atoms with Gasteiger partial charge in [0.2, 0.25) is 0 Å². The van der Waals surface area contributed by atoms with Crippen molar-refractivity contribution in [2.75, 3.05) is 19.0 Å². The molecule has 2 aromatic carbocycles. The normalized spacial score (nSPS) is 10.6. The zero-order chi connectivity index (χ0) is 18.1. The maximum Gasteiger partial charge on any atom is 0.267 e. The summed E-state index contributed by atoms with van der Waals surface area (Å²) in [5.41, 5.74) is 1.50. The fourth-order valence-corrected chi connectivity index (χ4v) is 2.18. The molecule has 6 nitrogen and oxygen atoms in total. The molecule has 6 heteroatoms. The fourth-order valence-electron chi connectivity index (χ4n) is 2.18. The smallest absolute Gasteiger partial charge is 0.267 e. The molecule has 0 saturated heterocycles. The molecule has 0 aliphatic carbocycles. The molecule has 3 N–H and O–H groups in total. The van der Waals surface area contributed by atoms with E-state index in [0.29, 0.717) is 18.7 Å². The molecule has 0 atom stereocenters. The summed E-state index contributed by atoms with van der Waals surface area (Å²) in [6.45, 7) is 0.554. The van der Waals surface area contributed by atoms with E-state index in [-0.39, 0.29) is 11.3 Å². The second-order valence-corrected chi connectivity index (χ2v) is 5.19. The molecule has 0 fully saturated rings. The van der Waals surface area contributed by atoms with Crippen LogP contribution in [0.2, 0.25) is 0 Å². The Hall–Kier alpha value is -3.46. The Kier molecular flexibility index (Phi) is 6.43. The number of hydrogen-bond acceptors (Lipinski definition) is 5. The molecule has 0 aromatic heterocycles. The minimum atomic E-state index is -0.516. The van der Waals surface area contributed by atoms with Gasteiger partial charge in [0.15, 0.2) is 0 Å². The zero-order valence-corrected chi connectivity index (χ0v) is 13.8. The van der Waals surface area contributed by atoms with Gasteiger partial charge in [-0.05, 0) is 42.3 Å². The molecule has 0 spiro atoms. The third kappa shape index (κ3) is 5.29. The Morgan fingerprint density at radius 3 is 2.64 bits per heavy atom. The highest BCUT2D eigenvalue weighted by molar-refractivity contribution is 6.06. The van der Waals surface area contributed by atoms with Gasteiger partial charge in [0.1, 0.15) is 23.1 Å². The lowest BCUT2D eigenvalue weighted by Crippen LogP contribution is -2.18. The predicted octanol–water partition coefficient (Wildman–Crippen LogP) is 2.58. The summed E-state index contributed by atoms with van der Waals surface area (Å²) in [5, 5.41) is 23.9. The Morgan fingerprint density at radius 1 is 1.24 bits per heavy atom. The number of hydrogen-bond donors (Lipinski definition) is 3. The van der Waals surface area contributed by atoms with Crippen LogP contribution in [0, 0.1) is 11.3 Å². The summed E-state index contributed by atoms with van der Waals surface area (Å²) in [6, 6.07) is 15.6. The monoisotopic (exact) mass is 337 g/mol. The molecule has 0 bridgehead atoms. The summed E-state index contributed by atoms with van der Waals surface area (Å²) in [6.07, 6.45) is 2.09. The number of phenols is 1. The molecule has 0 saturated carbocycles. The van der Waals surface area contributed by atoms with Crippen LogP contribution >= 0.6 is 0 Å². The first-order valence-electron chi connectivity index (χ1n) is 7.70. The molecule has 0 aliphatic heterocycles. The van der Waals surface area contributed by atoms with Gasteiger partial charge in [-0.2, -0.15) is 5.26 Å². The van der Waals surface area contributed by atoms with Crippen LogP contribution in [0.4, 0.5) is 5.69 Å². The molecule has 0 radical (unpaired) electrons. The van der Waals surface area contributed by atoms with Crippen LogP contribution in [-0.4, -0.2) is 24.7 Å². The summed E-state index contributed by atoms with van der Waals surface area (Å²) in [4.78, 5) is 12.1. The molecular formula is C19H19N3O3. The van der Waals surface area contributed by atoms with Gasteiger partial charge in [-0.15, -0.1) is 0 Å². The third-order valence-corrected chi connectivity index (χ3v) is 3.47. The second-order valence-electron chi connectivity index (χ2n) is 5.19. The summed E-state index contributed by atoms with van der Waals surface area (Å²) < 4.78 is 5.28. The average molecular weight is 337 g/mol. The number of phenolic OH excluding ortho intramolecular Hbond substituents is 1. The Balaban J connectivity index is 1.90. The van der Waals surface area contributed by atoms with Crippen molar-refractivity contribution in [1.82, 2.24) is 5.32 Å². The van der Waals surface area contributed by atoms with Crippen LogP contribution in [0.15, 0.2) is 60.3 Å². The van der Waals surface area contributed by atoms with Crippen LogP contribution in [0.5, 0.6) is 11.5 Å². The van der Waals surface area contributed by atoms with Crippen LogP contribution in [0.1, 0.15) is 5.56 Å². The first kappa shape index (κ1) is 17.9. The van der Waals surface area contributed by atoms with Crippen molar-refractivity contribution in [1.29, 1.82) is 5.26 Å². The number of carbonyl (C=O) groups excluding carboxylic acids is 1. The molecule has 0 aliphatic rings. The largest absolute Gasteiger partial charge is 0.508 e. The number of aromatic hydroxyl groups is 1. The number of nitriles is 1. The minimum Gasteiger partial charge on any atom is -0.508 e. The van der Waals surface area contributed by atoms with Crippen LogP contribution in [0.3, 0.4) is 0 Å². The molecule has 128 valence electrons. The van der Waals surface area contributed by atoms with E-state index < -0.39 is 5.91 Å². The van der Waals surface area contributed by atoms with E-state index in [2.05, 4.69) is 10.6 Å². The highest BCUT2D eigenvalue weighted by atomic mass is 16.5. The van der Waals surface area contributed by atoms with Gasteiger partial charge in [-0.25, -0.2) is 0 Å². The van der Waals surface area contributed by atoms with Gasteiger partial charge in [0, 0.05) is 18.4 Å². The number of rotatable bonds is 7. The molecule has 2 aromatic rings. The highest BCUT2D eigenvalue weighted by Crippen LogP contribution is 2.17.